The second kappa shape index (κ2) is 13.6. The zero-order valence-electron chi connectivity index (χ0n) is 22.8. The van der Waals surface area contributed by atoms with Crippen LogP contribution in [0.2, 0.25) is 5.02 Å². The van der Waals surface area contributed by atoms with Gasteiger partial charge in [0.05, 0.1) is 22.6 Å². The number of allylic oxidation sites excluding steroid dienone is 4. The molecule has 38 heavy (non-hydrogen) atoms. The molecule has 0 bridgehead atoms. The number of nitrogens with zero attached hydrogens (tertiary/aromatic N) is 3. The maximum atomic E-state index is 9.62. The Morgan fingerprint density at radius 3 is 2.76 bits per heavy atom. The molecule has 1 aliphatic carbocycles. The fourth-order valence-electron chi connectivity index (χ4n) is 5.72. The maximum absolute atomic E-state index is 9.62. The van der Waals surface area contributed by atoms with Gasteiger partial charge in [-0.1, -0.05) is 30.3 Å². The molecule has 206 valence electrons. The highest BCUT2D eigenvalue weighted by Crippen LogP contribution is 2.31. The summed E-state index contributed by atoms with van der Waals surface area (Å²) in [5.74, 6) is 0.870. The van der Waals surface area contributed by atoms with Gasteiger partial charge in [-0.2, -0.15) is 5.26 Å². The molecule has 2 saturated heterocycles. The summed E-state index contributed by atoms with van der Waals surface area (Å²) in [4.78, 5) is 7.16. The zero-order chi connectivity index (χ0) is 27.0. The molecule has 2 N–H and O–H groups in total. The second-order valence-electron chi connectivity index (χ2n) is 10.9. The average molecular weight is 540 g/mol. The molecule has 0 aromatic carbocycles. The van der Waals surface area contributed by atoms with Crippen molar-refractivity contribution in [1.29, 1.82) is 5.26 Å². The molecule has 2 aliphatic heterocycles. The van der Waals surface area contributed by atoms with Crippen LogP contribution in [0.15, 0.2) is 42.8 Å². The molecule has 4 rings (SSSR count). The van der Waals surface area contributed by atoms with Crippen LogP contribution in [0, 0.1) is 16.7 Å². The van der Waals surface area contributed by atoms with Gasteiger partial charge in [0.1, 0.15) is 5.82 Å². The van der Waals surface area contributed by atoms with E-state index >= 15 is 0 Å². The van der Waals surface area contributed by atoms with Crippen molar-refractivity contribution in [3.05, 3.63) is 53.4 Å². The van der Waals surface area contributed by atoms with E-state index < -0.39 is 0 Å². The van der Waals surface area contributed by atoms with E-state index in [-0.39, 0.29) is 5.41 Å². The first-order valence-electron chi connectivity index (χ1n) is 13.9. The summed E-state index contributed by atoms with van der Waals surface area (Å²) in [6.45, 7) is 10.2. The molecule has 0 amide bonds. The molecule has 1 aromatic heterocycles. The van der Waals surface area contributed by atoms with Gasteiger partial charge in [0, 0.05) is 69.5 Å². The third-order valence-corrected chi connectivity index (χ3v) is 8.64. The first-order chi connectivity index (χ1) is 18.4. The predicted molar refractivity (Wildman–Crippen MR) is 154 cm³/mol. The summed E-state index contributed by atoms with van der Waals surface area (Å²) in [6.07, 6.45) is 15.4. The normalized spacial score (nSPS) is 26.3. The van der Waals surface area contributed by atoms with Gasteiger partial charge in [0.2, 0.25) is 0 Å². The molecule has 1 atom stereocenters. The number of likely N-dealkylation sites (tertiary alicyclic amines) is 1. The van der Waals surface area contributed by atoms with Crippen LogP contribution in [0.1, 0.15) is 57.4 Å². The van der Waals surface area contributed by atoms with Crippen LogP contribution in [0.5, 0.6) is 0 Å². The summed E-state index contributed by atoms with van der Waals surface area (Å²) in [5.41, 5.74) is 2.41. The molecule has 3 heterocycles. The Morgan fingerprint density at radius 2 is 2.08 bits per heavy atom. The van der Waals surface area contributed by atoms with E-state index in [0.717, 1.165) is 67.8 Å². The third kappa shape index (κ3) is 7.60. The van der Waals surface area contributed by atoms with Crippen LogP contribution in [-0.4, -0.2) is 68.0 Å². The molecular weight excluding hydrogens is 498 g/mol. The highest BCUT2D eigenvalue weighted by Gasteiger charge is 2.33. The number of pyridine rings is 1. The Labute approximate surface area is 232 Å². The van der Waals surface area contributed by atoms with Crippen LogP contribution in [0.4, 0.5) is 5.82 Å². The fraction of sp³-hybridized carbons (Fsp3) is 0.600. The quantitative estimate of drug-likeness (QED) is 0.376. The number of aromatic nitrogens is 1. The minimum atomic E-state index is -0.380. The van der Waals surface area contributed by atoms with Crippen molar-refractivity contribution in [1.82, 2.24) is 15.2 Å². The predicted octanol–water partition coefficient (Wildman–Crippen LogP) is 5.56. The first kappa shape index (κ1) is 28.6. The monoisotopic (exact) mass is 539 g/mol. The topological polar surface area (TPSA) is 82.4 Å². The zero-order valence-corrected chi connectivity index (χ0v) is 23.6. The lowest BCUT2D eigenvalue weighted by Crippen LogP contribution is -2.39. The maximum Gasteiger partial charge on any atom is 0.126 e. The van der Waals surface area contributed by atoms with Crippen LogP contribution < -0.4 is 10.6 Å². The van der Waals surface area contributed by atoms with E-state index in [9.17, 15) is 5.26 Å². The number of anilines is 1. The van der Waals surface area contributed by atoms with Gasteiger partial charge in [0.25, 0.3) is 0 Å². The van der Waals surface area contributed by atoms with E-state index in [2.05, 4.69) is 33.2 Å². The Hall–Kier alpha value is -2.37. The van der Waals surface area contributed by atoms with Crippen molar-refractivity contribution in [2.45, 2.75) is 70.1 Å². The van der Waals surface area contributed by atoms with Crippen molar-refractivity contribution in [2.75, 3.05) is 45.3 Å². The van der Waals surface area contributed by atoms with E-state index in [1.54, 1.807) is 6.20 Å². The Bertz CT molecular complexity index is 1050. The lowest BCUT2D eigenvalue weighted by Gasteiger charge is -2.35. The molecule has 1 saturated carbocycles. The summed E-state index contributed by atoms with van der Waals surface area (Å²) in [6, 6.07) is 5.62. The number of rotatable bonds is 10. The first-order valence-corrected chi connectivity index (χ1v) is 14.3. The summed E-state index contributed by atoms with van der Waals surface area (Å²) >= 11 is 6.52. The average Bonchev–Trinajstić information content (AvgIpc) is 3.43. The number of nitriles is 1. The second-order valence-corrected chi connectivity index (χ2v) is 11.3. The van der Waals surface area contributed by atoms with E-state index in [1.165, 1.54) is 12.8 Å². The highest BCUT2D eigenvalue weighted by molar-refractivity contribution is 6.32. The third-order valence-electron chi connectivity index (χ3n) is 8.34. The number of ether oxygens (including phenoxy) is 2. The molecule has 0 spiro atoms. The molecule has 0 radical (unpaired) electrons. The van der Waals surface area contributed by atoms with Gasteiger partial charge < -0.3 is 20.1 Å². The van der Waals surface area contributed by atoms with Gasteiger partial charge in [-0.05, 0) is 69.6 Å². The van der Waals surface area contributed by atoms with Crippen LogP contribution >= 0.6 is 11.6 Å². The lowest BCUT2D eigenvalue weighted by atomic mass is 9.81. The van der Waals surface area contributed by atoms with Crippen molar-refractivity contribution in [2.24, 2.45) is 5.41 Å². The molecule has 3 aliphatic rings. The molecular formula is C30H42ClN5O2. The van der Waals surface area contributed by atoms with E-state index in [4.69, 9.17) is 21.1 Å². The number of halogens is 1. The van der Waals surface area contributed by atoms with Crippen molar-refractivity contribution in [3.63, 3.8) is 0 Å². The fourth-order valence-corrected chi connectivity index (χ4v) is 5.97. The van der Waals surface area contributed by atoms with Crippen LogP contribution in [-0.2, 0) is 9.47 Å². The van der Waals surface area contributed by atoms with Crippen LogP contribution in [0.25, 0.3) is 5.57 Å². The Balaban J connectivity index is 1.27. The number of methoxy groups -OCH3 is 1. The number of nitrogens with one attached hydrogen (secondary N) is 2. The lowest BCUT2D eigenvalue weighted by molar-refractivity contribution is 0.0416. The summed E-state index contributed by atoms with van der Waals surface area (Å²) < 4.78 is 11.0. The largest absolute Gasteiger partial charge is 0.384 e. The van der Waals surface area contributed by atoms with Gasteiger partial charge in [-0.25, -0.2) is 4.98 Å². The van der Waals surface area contributed by atoms with Gasteiger partial charge in [-0.15, -0.1) is 0 Å². The molecule has 8 heteroatoms. The van der Waals surface area contributed by atoms with Crippen LogP contribution in [0.3, 0.4) is 0 Å². The summed E-state index contributed by atoms with van der Waals surface area (Å²) in [7, 11) is 1.82. The molecule has 3 fully saturated rings. The van der Waals surface area contributed by atoms with Crippen molar-refractivity contribution in [3.8, 4) is 6.07 Å². The summed E-state index contributed by atoms with van der Waals surface area (Å²) in [5, 5.41) is 17.2. The van der Waals surface area contributed by atoms with Gasteiger partial charge >= 0.3 is 0 Å². The van der Waals surface area contributed by atoms with Gasteiger partial charge in [-0.3, -0.25) is 4.90 Å². The number of hydrogen-bond acceptors (Lipinski definition) is 7. The smallest absolute Gasteiger partial charge is 0.126 e. The van der Waals surface area contributed by atoms with Gasteiger partial charge in [0.15, 0.2) is 0 Å². The molecule has 1 unspecified atom stereocenters. The number of hydrogen-bond donors (Lipinski definition) is 2. The van der Waals surface area contributed by atoms with Crippen molar-refractivity contribution < 1.29 is 9.47 Å². The minimum Gasteiger partial charge on any atom is -0.384 e. The standard InChI is InChI=1S/C30H42ClN5O2/c1-22(5-4-6-23(2)34-21-30(20-32)12-15-38-16-13-30)27-17-29(33-18-28(27)31)35-24-7-9-25(10-8-24)36-14-11-26(19-36)37-3/h4-6,17-18,24-26,34H,2,7-16,19,21H2,1,3H3,(H,33,35)/b6-4-,22-5+. The minimum absolute atomic E-state index is 0.380. The van der Waals surface area contributed by atoms with Crippen molar-refractivity contribution >= 4 is 23.0 Å². The SMILES string of the molecule is C=C(/C=C\C=C(/C)c1cc(NC2CCC(N3CCC(OC)C3)CC2)ncc1Cl)NCC1(C#N)CCOCC1. The molecule has 7 nitrogen and oxygen atoms in total. The van der Waals surface area contributed by atoms with E-state index in [0.29, 0.717) is 43.0 Å². The van der Waals surface area contributed by atoms with E-state index in [1.807, 2.05) is 38.3 Å². The Morgan fingerprint density at radius 1 is 1.32 bits per heavy atom. The Kier molecular flexibility index (Phi) is 10.3. The highest BCUT2D eigenvalue weighted by atomic mass is 35.5. The molecule has 1 aromatic rings.